The average Bonchev–Trinajstić information content (AvgIpc) is 2.15. The number of hydrogen-bond donors (Lipinski definition) is 3. The Morgan fingerprint density at radius 2 is 1.88 bits per heavy atom. The molecule has 17 heavy (non-hydrogen) atoms. The van der Waals surface area contributed by atoms with Crippen molar-refractivity contribution in [2.45, 2.75) is 31.5 Å². The number of benzene rings is 1. The Hall–Kier alpha value is -0.950. The Morgan fingerprint density at radius 1 is 1.29 bits per heavy atom. The molecule has 0 aromatic heterocycles. The average molecular weight is 260 g/mol. The first-order valence-corrected chi connectivity index (χ1v) is 6.59. The molecule has 0 bridgehead atoms. The molecule has 0 saturated carbocycles. The number of aliphatic hydroxyl groups excluding tert-OH is 1. The van der Waals surface area contributed by atoms with Crippen LogP contribution in [-0.2, 0) is 16.5 Å². The number of aryl methyl sites for hydroxylation is 1. The summed E-state index contributed by atoms with van der Waals surface area (Å²) in [5.74, 6) is -0.516. The van der Waals surface area contributed by atoms with Gasteiger partial charge in [0.1, 0.15) is 0 Å². The lowest BCUT2D eigenvalue weighted by Gasteiger charge is -2.15. The van der Waals surface area contributed by atoms with Crippen LogP contribution in [0.5, 0.6) is 0 Å². The second kappa shape index (κ2) is 5.14. The molecule has 0 spiro atoms. The summed E-state index contributed by atoms with van der Waals surface area (Å²) in [5.41, 5.74) is 1.22. The largest absolute Gasteiger partial charge is 0.368 e. The van der Waals surface area contributed by atoms with Crippen molar-refractivity contribution in [3.8, 4) is 0 Å². The molecule has 1 aromatic carbocycles. The first-order chi connectivity index (χ1) is 7.71. The third-order valence-electron chi connectivity index (χ3n) is 2.54. The van der Waals surface area contributed by atoms with Gasteiger partial charge in [-0.05, 0) is 25.0 Å². The molecule has 1 atom stereocenters. The SMILES string of the molecule is Cc1ccc(S(=O)(=O)O)c(CC(C)C(O)O)c1. The van der Waals surface area contributed by atoms with Gasteiger partial charge < -0.3 is 10.2 Å². The summed E-state index contributed by atoms with van der Waals surface area (Å²) in [6.07, 6.45) is -1.36. The van der Waals surface area contributed by atoms with E-state index in [1.54, 1.807) is 26.0 Å². The van der Waals surface area contributed by atoms with Gasteiger partial charge in [0.15, 0.2) is 6.29 Å². The van der Waals surface area contributed by atoms with E-state index in [1.807, 2.05) is 0 Å². The summed E-state index contributed by atoms with van der Waals surface area (Å²) < 4.78 is 31.4. The fourth-order valence-electron chi connectivity index (χ4n) is 1.57. The van der Waals surface area contributed by atoms with Crippen LogP contribution in [0.1, 0.15) is 18.1 Å². The lowest BCUT2D eigenvalue weighted by atomic mass is 9.99. The molecule has 0 heterocycles. The molecule has 0 aliphatic rings. The van der Waals surface area contributed by atoms with E-state index >= 15 is 0 Å². The molecule has 1 aromatic rings. The first kappa shape index (κ1) is 14.1. The molecule has 0 aliphatic heterocycles. The van der Waals surface area contributed by atoms with E-state index in [4.69, 9.17) is 14.8 Å². The van der Waals surface area contributed by atoms with Crippen molar-refractivity contribution in [1.29, 1.82) is 0 Å². The molecule has 0 saturated heterocycles. The summed E-state index contributed by atoms with van der Waals surface area (Å²) in [6, 6.07) is 4.51. The fourth-order valence-corrected chi connectivity index (χ4v) is 2.29. The third-order valence-corrected chi connectivity index (χ3v) is 3.50. The van der Waals surface area contributed by atoms with Crippen LogP contribution in [0, 0.1) is 12.8 Å². The van der Waals surface area contributed by atoms with Crippen molar-refractivity contribution in [2.75, 3.05) is 0 Å². The van der Waals surface area contributed by atoms with E-state index < -0.39 is 22.3 Å². The van der Waals surface area contributed by atoms with Crippen LogP contribution in [0.25, 0.3) is 0 Å². The van der Waals surface area contributed by atoms with Crippen molar-refractivity contribution < 1.29 is 23.2 Å². The molecule has 0 aliphatic carbocycles. The molecule has 0 amide bonds. The molecule has 5 nitrogen and oxygen atoms in total. The van der Waals surface area contributed by atoms with Gasteiger partial charge in [0.2, 0.25) is 0 Å². The zero-order valence-corrected chi connectivity index (χ0v) is 10.5. The zero-order chi connectivity index (χ0) is 13.2. The predicted molar refractivity (Wildman–Crippen MR) is 62.1 cm³/mol. The van der Waals surface area contributed by atoms with Crippen LogP contribution in [-0.4, -0.2) is 29.5 Å². The van der Waals surface area contributed by atoms with Crippen LogP contribution in [0.15, 0.2) is 23.1 Å². The standard InChI is InChI=1S/C11H16O5S/c1-7-3-4-10(17(14,15)16)9(5-7)6-8(2)11(12)13/h3-5,8,11-13H,6H2,1-2H3,(H,14,15,16). The van der Waals surface area contributed by atoms with Gasteiger partial charge in [-0.2, -0.15) is 8.42 Å². The maximum atomic E-state index is 11.1. The normalized spacial score (nSPS) is 14.0. The molecule has 3 N–H and O–H groups in total. The zero-order valence-electron chi connectivity index (χ0n) is 9.66. The van der Waals surface area contributed by atoms with Crippen molar-refractivity contribution in [2.24, 2.45) is 5.92 Å². The smallest absolute Gasteiger partial charge is 0.294 e. The Morgan fingerprint density at radius 3 is 2.35 bits per heavy atom. The van der Waals surface area contributed by atoms with Crippen molar-refractivity contribution in [3.63, 3.8) is 0 Å². The quantitative estimate of drug-likeness (QED) is 0.548. The van der Waals surface area contributed by atoms with Gasteiger partial charge in [-0.3, -0.25) is 4.55 Å². The minimum absolute atomic E-state index is 0.161. The topological polar surface area (TPSA) is 94.8 Å². The molecule has 1 rings (SSSR count). The van der Waals surface area contributed by atoms with Gasteiger partial charge in [-0.1, -0.05) is 24.6 Å². The number of hydrogen-bond acceptors (Lipinski definition) is 4. The van der Waals surface area contributed by atoms with Crippen LogP contribution in [0.4, 0.5) is 0 Å². The summed E-state index contributed by atoms with van der Waals surface area (Å²) in [7, 11) is -4.28. The molecule has 6 heteroatoms. The van der Waals surface area contributed by atoms with E-state index in [9.17, 15) is 8.42 Å². The molecule has 96 valence electrons. The molecule has 0 radical (unpaired) electrons. The summed E-state index contributed by atoms with van der Waals surface area (Å²) >= 11 is 0. The van der Waals surface area contributed by atoms with Gasteiger partial charge in [0.25, 0.3) is 10.1 Å². The lowest BCUT2D eigenvalue weighted by molar-refractivity contribution is -0.0782. The Balaban J connectivity index is 3.17. The second-order valence-corrected chi connectivity index (χ2v) is 5.57. The third kappa shape index (κ3) is 3.78. The first-order valence-electron chi connectivity index (χ1n) is 5.15. The van der Waals surface area contributed by atoms with Crippen molar-refractivity contribution in [1.82, 2.24) is 0 Å². The highest BCUT2D eigenvalue weighted by atomic mass is 32.2. The van der Waals surface area contributed by atoms with Crippen LogP contribution >= 0.6 is 0 Å². The van der Waals surface area contributed by atoms with Crippen LogP contribution < -0.4 is 0 Å². The highest BCUT2D eigenvalue weighted by Crippen LogP contribution is 2.21. The van der Waals surface area contributed by atoms with Gasteiger partial charge in [-0.25, -0.2) is 0 Å². The lowest BCUT2D eigenvalue weighted by Crippen LogP contribution is -2.19. The minimum atomic E-state index is -4.28. The fraction of sp³-hybridized carbons (Fsp3) is 0.455. The maximum absolute atomic E-state index is 11.1. The molecule has 1 unspecified atom stereocenters. The van der Waals surface area contributed by atoms with Crippen molar-refractivity contribution in [3.05, 3.63) is 29.3 Å². The van der Waals surface area contributed by atoms with E-state index in [0.29, 0.717) is 5.56 Å². The Kier molecular flexibility index (Phi) is 4.26. The van der Waals surface area contributed by atoms with Gasteiger partial charge in [-0.15, -0.1) is 0 Å². The molecular weight excluding hydrogens is 244 g/mol. The molecule has 0 fully saturated rings. The van der Waals surface area contributed by atoms with Gasteiger partial charge in [0.05, 0.1) is 4.90 Å². The number of rotatable bonds is 4. The second-order valence-electron chi connectivity index (χ2n) is 4.18. The summed E-state index contributed by atoms with van der Waals surface area (Å²) in [4.78, 5) is -0.185. The van der Waals surface area contributed by atoms with Crippen molar-refractivity contribution >= 4 is 10.1 Å². The Labute approximate surface area is 100 Å². The Bertz CT molecular complexity index is 493. The predicted octanol–water partition coefficient (Wildman–Crippen LogP) is 0.731. The van der Waals surface area contributed by atoms with Gasteiger partial charge >= 0.3 is 0 Å². The van der Waals surface area contributed by atoms with Gasteiger partial charge in [0, 0.05) is 5.92 Å². The highest BCUT2D eigenvalue weighted by molar-refractivity contribution is 7.85. The summed E-state index contributed by atoms with van der Waals surface area (Å²) in [5, 5.41) is 18.0. The van der Waals surface area contributed by atoms with E-state index in [0.717, 1.165) is 5.56 Å². The van der Waals surface area contributed by atoms with Crippen LogP contribution in [0.2, 0.25) is 0 Å². The summed E-state index contributed by atoms with van der Waals surface area (Å²) in [6.45, 7) is 3.37. The maximum Gasteiger partial charge on any atom is 0.294 e. The van der Waals surface area contributed by atoms with Crippen LogP contribution in [0.3, 0.4) is 0 Å². The van der Waals surface area contributed by atoms with E-state index in [-0.39, 0.29) is 11.3 Å². The minimum Gasteiger partial charge on any atom is -0.368 e. The monoisotopic (exact) mass is 260 g/mol. The molecular formula is C11H16O5S. The number of aliphatic hydroxyl groups is 2. The van der Waals surface area contributed by atoms with E-state index in [2.05, 4.69) is 0 Å². The highest BCUT2D eigenvalue weighted by Gasteiger charge is 2.19. The van der Waals surface area contributed by atoms with E-state index in [1.165, 1.54) is 6.07 Å².